The maximum atomic E-state index is 12.1. The van der Waals surface area contributed by atoms with E-state index < -0.39 is 4.92 Å². The highest BCUT2D eigenvalue weighted by Crippen LogP contribution is 2.35. The molecule has 1 fully saturated rings. The third-order valence-corrected chi connectivity index (χ3v) is 4.61. The van der Waals surface area contributed by atoms with Gasteiger partial charge in [-0.3, -0.25) is 14.9 Å². The SMILES string of the molecule is CCOC(=O)C1CCCN(c2ncnc(Nc3cccc(C)c3)c2[N+](=O)[O-])C1. The van der Waals surface area contributed by atoms with Gasteiger partial charge < -0.3 is 15.0 Å². The average Bonchev–Trinajstić information content (AvgIpc) is 2.68. The van der Waals surface area contributed by atoms with E-state index in [1.807, 2.05) is 31.2 Å². The fraction of sp³-hybridized carbons (Fsp3) is 0.421. The van der Waals surface area contributed by atoms with Gasteiger partial charge in [0.25, 0.3) is 0 Å². The van der Waals surface area contributed by atoms with E-state index in [4.69, 9.17) is 4.74 Å². The number of carbonyl (C=O) groups excluding carboxylic acids is 1. The van der Waals surface area contributed by atoms with Crippen LogP contribution in [0.15, 0.2) is 30.6 Å². The van der Waals surface area contributed by atoms with Crippen LogP contribution in [-0.4, -0.2) is 40.6 Å². The number of nitrogens with zero attached hydrogens (tertiary/aromatic N) is 4. The molecule has 0 radical (unpaired) electrons. The molecule has 1 aromatic carbocycles. The second-order valence-corrected chi connectivity index (χ2v) is 6.68. The first-order chi connectivity index (χ1) is 13.5. The van der Waals surface area contributed by atoms with Crippen LogP contribution in [0.4, 0.5) is 23.0 Å². The molecule has 1 atom stereocenters. The summed E-state index contributed by atoms with van der Waals surface area (Å²) in [5.41, 5.74) is 1.53. The minimum Gasteiger partial charge on any atom is -0.466 e. The van der Waals surface area contributed by atoms with Gasteiger partial charge in [0.1, 0.15) is 6.33 Å². The van der Waals surface area contributed by atoms with Crippen LogP contribution in [0.5, 0.6) is 0 Å². The number of nitro groups is 1. The number of esters is 1. The molecule has 1 saturated heterocycles. The number of rotatable bonds is 6. The van der Waals surface area contributed by atoms with E-state index in [2.05, 4.69) is 15.3 Å². The van der Waals surface area contributed by atoms with Crippen molar-refractivity contribution in [1.29, 1.82) is 0 Å². The van der Waals surface area contributed by atoms with Gasteiger partial charge in [0, 0.05) is 18.8 Å². The van der Waals surface area contributed by atoms with E-state index >= 15 is 0 Å². The highest BCUT2D eigenvalue weighted by Gasteiger charge is 2.33. The molecule has 28 heavy (non-hydrogen) atoms. The highest BCUT2D eigenvalue weighted by molar-refractivity contribution is 5.77. The van der Waals surface area contributed by atoms with E-state index in [-0.39, 0.29) is 29.2 Å². The third kappa shape index (κ3) is 4.36. The molecule has 0 saturated carbocycles. The summed E-state index contributed by atoms with van der Waals surface area (Å²) in [4.78, 5) is 33.5. The Hall–Kier alpha value is -3.23. The number of hydrogen-bond donors (Lipinski definition) is 1. The fourth-order valence-corrected chi connectivity index (χ4v) is 3.34. The molecule has 148 valence electrons. The van der Waals surface area contributed by atoms with Crippen molar-refractivity contribution < 1.29 is 14.5 Å². The Morgan fingerprint density at radius 3 is 2.96 bits per heavy atom. The Labute approximate surface area is 162 Å². The van der Waals surface area contributed by atoms with Crippen LogP contribution in [0.2, 0.25) is 0 Å². The Morgan fingerprint density at radius 1 is 1.43 bits per heavy atom. The van der Waals surface area contributed by atoms with Crippen molar-refractivity contribution in [3.63, 3.8) is 0 Å². The van der Waals surface area contributed by atoms with Crippen LogP contribution in [0.25, 0.3) is 0 Å². The molecule has 1 unspecified atom stereocenters. The smallest absolute Gasteiger partial charge is 0.353 e. The standard InChI is InChI=1S/C19H23N5O4/c1-3-28-19(25)14-7-5-9-23(11-14)18-16(24(26)27)17(20-12-21-18)22-15-8-4-6-13(2)10-15/h4,6,8,10,12,14H,3,5,7,9,11H2,1-2H3,(H,20,21,22). The topological polar surface area (TPSA) is 110 Å². The first-order valence-electron chi connectivity index (χ1n) is 9.24. The van der Waals surface area contributed by atoms with Crippen molar-refractivity contribution >= 4 is 29.0 Å². The summed E-state index contributed by atoms with van der Waals surface area (Å²) >= 11 is 0. The van der Waals surface area contributed by atoms with Crippen LogP contribution in [0, 0.1) is 23.0 Å². The van der Waals surface area contributed by atoms with Crippen molar-refractivity contribution in [2.75, 3.05) is 29.9 Å². The zero-order valence-corrected chi connectivity index (χ0v) is 15.9. The predicted octanol–water partition coefficient (Wildman–Crippen LogP) is 3.22. The van der Waals surface area contributed by atoms with E-state index in [1.54, 1.807) is 11.8 Å². The monoisotopic (exact) mass is 385 g/mol. The van der Waals surface area contributed by atoms with Gasteiger partial charge in [-0.15, -0.1) is 0 Å². The lowest BCUT2D eigenvalue weighted by Gasteiger charge is -2.32. The first-order valence-corrected chi connectivity index (χ1v) is 9.24. The Kier molecular flexibility index (Phi) is 6.03. The summed E-state index contributed by atoms with van der Waals surface area (Å²) < 4.78 is 5.11. The lowest BCUT2D eigenvalue weighted by molar-refractivity contribution is -0.383. The molecular formula is C19H23N5O4. The van der Waals surface area contributed by atoms with E-state index in [1.165, 1.54) is 6.33 Å². The van der Waals surface area contributed by atoms with Crippen molar-refractivity contribution in [3.05, 3.63) is 46.3 Å². The number of anilines is 3. The number of carbonyl (C=O) groups is 1. The van der Waals surface area contributed by atoms with Crippen LogP contribution >= 0.6 is 0 Å². The van der Waals surface area contributed by atoms with Crippen LogP contribution in [-0.2, 0) is 9.53 Å². The maximum absolute atomic E-state index is 12.1. The number of hydrogen-bond acceptors (Lipinski definition) is 8. The van der Waals surface area contributed by atoms with Crippen molar-refractivity contribution in [2.24, 2.45) is 5.92 Å². The van der Waals surface area contributed by atoms with Gasteiger partial charge in [0.15, 0.2) is 0 Å². The summed E-state index contributed by atoms with van der Waals surface area (Å²) in [7, 11) is 0. The molecule has 1 aliphatic rings. The first kappa shape index (κ1) is 19.5. The molecule has 9 heteroatoms. The second-order valence-electron chi connectivity index (χ2n) is 6.68. The molecule has 0 spiro atoms. The minimum atomic E-state index is -0.485. The van der Waals surface area contributed by atoms with Crippen LogP contribution in [0.3, 0.4) is 0 Å². The van der Waals surface area contributed by atoms with Gasteiger partial charge in [-0.25, -0.2) is 9.97 Å². The molecule has 1 N–H and O–H groups in total. The molecule has 0 aliphatic carbocycles. The Balaban J connectivity index is 1.90. The van der Waals surface area contributed by atoms with Crippen LogP contribution in [0.1, 0.15) is 25.3 Å². The van der Waals surface area contributed by atoms with Gasteiger partial charge in [-0.2, -0.15) is 0 Å². The number of aromatic nitrogens is 2. The summed E-state index contributed by atoms with van der Waals surface area (Å²) in [6.07, 6.45) is 2.72. The molecule has 1 aromatic heterocycles. The van der Waals surface area contributed by atoms with E-state index in [9.17, 15) is 14.9 Å². The zero-order valence-electron chi connectivity index (χ0n) is 15.9. The van der Waals surface area contributed by atoms with Gasteiger partial charge >= 0.3 is 11.7 Å². The molecule has 1 aliphatic heterocycles. The number of benzene rings is 1. The lowest BCUT2D eigenvalue weighted by atomic mass is 9.98. The summed E-state index contributed by atoms with van der Waals surface area (Å²) in [5.74, 6) is -0.263. The van der Waals surface area contributed by atoms with Gasteiger partial charge in [0.05, 0.1) is 17.4 Å². The van der Waals surface area contributed by atoms with Gasteiger partial charge in [-0.05, 0) is 44.4 Å². The molecular weight excluding hydrogens is 362 g/mol. The summed E-state index contributed by atoms with van der Waals surface area (Å²) in [6.45, 7) is 4.93. The number of ether oxygens (including phenoxy) is 1. The van der Waals surface area contributed by atoms with Crippen molar-refractivity contribution in [1.82, 2.24) is 9.97 Å². The molecule has 2 heterocycles. The molecule has 2 aromatic rings. The summed E-state index contributed by atoms with van der Waals surface area (Å²) in [6, 6.07) is 7.49. The third-order valence-electron chi connectivity index (χ3n) is 4.61. The fourth-order valence-electron chi connectivity index (χ4n) is 3.34. The largest absolute Gasteiger partial charge is 0.466 e. The number of nitrogens with one attached hydrogen (secondary N) is 1. The highest BCUT2D eigenvalue weighted by atomic mass is 16.6. The number of aryl methyl sites for hydroxylation is 1. The van der Waals surface area contributed by atoms with E-state index in [0.29, 0.717) is 31.8 Å². The molecule has 3 rings (SSSR count). The van der Waals surface area contributed by atoms with Crippen LogP contribution < -0.4 is 10.2 Å². The summed E-state index contributed by atoms with van der Waals surface area (Å²) in [5, 5.41) is 14.8. The Bertz CT molecular complexity index is 873. The molecule has 0 bridgehead atoms. The zero-order chi connectivity index (χ0) is 20.1. The normalized spacial score (nSPS) is 16.5. The maximum Gasteiger partial charge on any atom is 0.353 e. The second kappa shape index (κ2) is 8.64. The molecule has 0 amide bonds. The predicted molar refractivity (Wildman–Crippen MR) is 105 cm³/mol. The van der Waals surface area contributed by atoms with Crippen molar-refractivity contribution in [2.45, 2.75) is 26.7 Å². The quantitative estimate of drug-likeness (QED) is 0.458. The van der Waals surface area contributed by atoms with Gasteiger partial charge in [-0.1, -0.05) is 12.1 Å². The van der Waals surface area contributed by atoms with Crippen molar-refractivity contribution in [3.8, 4) is 0 Å². The lowest BCUT2D eigenvalue weighted by Crippen LogP contribution is -2.40. The molecule has 9 nitrogen and oxygen atoms in total. The Morgan fingerprint density at radius 2 is 2.25 bits per heavy atom. The number of piperidine rings is 1. The van der Waals surface area contributed by atoms with Gasteiger partial charge in [0.2, 0.25) is 11.6 Å². The average molecular weight is 385 g/mol. The van der Waals surface area contributed by atoms with E-state index in [0.717, 1.165) is 12.0 Å². The minimum absolute atomic E-state index is 0.124.